The summed E-state index contributed by atoms with van der Waals surface area (Å²) in [7, 11) is 4.70. The lowest BCUT2D eigenvalue weighted by Crippen LogP contribution is -2.40. The fourth-order valence-corrected chi connectivity index (χ4v) is 2.52. The number of hydrogen-bond acceptors (Lipinski definition) is 4. The number of nitrogens with zero attached hydrogens (tertiary/aromatic N) is 1. The molecule has 0 saturated carbocycles. The van der Waals surface area contributed by atoms with E-state index in [1.54, 1.807) is 38.4 Å². The number of carbonyl (C=O) groups excluding carboxylic acids is 2. The minimum Gasteiger partial charge on any atom is -0.468 e. The Kier molecular flexibility index (Phi) is 3.52. The lowest BCUT2D eigenvalue weighted by Gasteiger charge is -2.27. The molecule has 1 saturated heterocycles. The lowest BCUT2D eigenvalue weighted by molar-refractivity contribution is -1.07. The molecule has 0 N–H and O–H groups in total. The minimum atomic E-state index is -0.957. The summed E-state index contributed by atoms with van der Waals surface area (Å²) in [5, 5.41) is 0.592. The molecule has 1 aliphatic rings. The van der Waals surface area contributed by atoms with Gasteiger partial charge in [-0.2, -0.15) is 0 Å². The molecule has 1 heterocycles. The standard InChI is InChI=1S/C13H15ClNO4/c1-15(2)11(8-4-6-9(14)7-5-8)10(12(16)18-3)13(17)19-15/h4-7,10-11H,1-3H3/q+1. The van der Waals surface area contributed by atoms with E-state index in [-0.39, 0.29) is 4.65 Å². The van der Waals surface area contributed by atoms with Gasteiger partial charge in [-0.25, -0.2) is 4.79 Å². The Balaban J connectivity index is 2.45. The normalized spacial score (nSPS) is 24.9. The number of carbonyl (C=O) groups is 2. The van der Waals surface area contributed by atoms with E-state index in [0.717, 1.165) is 5.56 Å². The van der Waals surface area contributed by atoms with Crippen molar-refractivity contribution in [2.24, 2.45) is 5.92 Å². The molecule has 0 aliphatic carbocycles. The predicted molar refractivity (Wildman–Crippen MR) is 67.9 cm³/mol. The zero-order chi connectivity index (χ0) is 14.2. The van der Waals surface area contributed by atoms with Crippen LogP contribution in [0.15, 0.2) is 24.3 Å². The summed E-state index contributed by atoms with van der Waals surface area (Å²) in [6.45, 7) is 0. The van der Waals surface area contributed by atoms with Crippen LogP contribution in [0.25, 0.3) is 0 Å². The lowest BCUT2D eigenvalue weighted by atomic mass is 9.93. The quantitative estimate of drug-likeness (QED) is 0.471. The van der Waals surface area contributed by atoms with Gasteiger partial charge in [0.2, 0.25) is 5.92 Å². The summed E-state index contributed by atoms with van der Waals surface area (Å²) < 4.78 is 4.64. The summed E-state index contributed by atoms with van der Waals surface area (Å²) >= 11 is 5.85. The van der Waals surface area contributed by atoms with E-state index in [0.29, 0.717) is 5.02 Å². The van der Waals surface area contributed by atoms with Gasteiger partial charge in [0.15, 0.2) is 6.04 Å². The largest absolute Gasteiger partial charge is 0.468 e. The smallest absolute Gasteiger partial charge is 0.387 e. The number of quaternary nitrogens is 1. The van der Waals surface area contributed by atoms with Gasteiger partial charge in [-0.1, -0.05) is 23.7 Å². The zero-order valence-corrected chi connectivity index (χ0v) is 11.7. The number of ether oxygens (including phenoxy) is 1. The van der Waals surface area contributed by atoms with Crippen LogP contribution >= 0.6 is 11.6 Å². The molecule has 5 nitrogen and oxygen atoms in total. The highest BCUT2D eigenvalue weighted by molar-refractivity contribution is 6.30. The Morgan fingerprint density at radius 1 is 1.32 bits per heavy atom. The third kappa shape index (κ3) is 2.43. The second kappa shape index (κ2) is 4.83. The summed E-state index contributed by atoms with van der Waals surface area (Å²) in [4.78, 5) is 28.9. The summed E-state index contributed by atoms with van der Waals surface area (Å²) in [5.41, 5.74) is 0.802. The van der Waals surface area contributed by atoms with Crippen LogP contribution in [-0.4, -0.2) is 37.8 Å². The topological polar surface area (TPSA) is 52.6 Å². The SMILES string of the molecule is COC(=O)C1C(=O)O[N+](C)(C)C1c1ccc(Cl)cc1. The van der Waals surface area contributed by atoms with Gasteiger partial charge in [-0.15, -0.1) is 4.65 Å². The summed E-state index contributed by atoms with van der Waals surface area (Å²) in [6.07, 6.45) is 0. The van der Waals surface area contributed by atoms with Crippen LogP contribution in [-0.2, 0) is 19.2 Å². The second-order valence-corrected chi connectivity index (χ2v) is 5.28. The number of hydroxylamine groups is 3. The number of esters is 1. The van der Waals surface area contributed by atoms with Gasteiger partial charge in [-0.05, 0) is 12.1 Å². The molecule has 2 atom stereocenters. The molecule has 2 rings (SSSR count). The maximum Gasteiger partial charge on any atom is 0.387 e. The van der Waals surface area contributed by atoms with Gasteiger partial charge in [0.1, 0.15) is 14.1 Å². The molecular formula is C13H15ClNO4+. The van der Waals surface area contributed by atoms with Gasteiger partial charge in [-0.3, -0.25) is 9.63 Å². The van der Waals surface area contributed by atoms with Crippen LogP contribution in [0.3, 0.4) is 0 Å². The van der Waals surface area contributed by atoms with E-state index in [1.807, 2.05) is 0 Å². The Bertz CT molecular complexity index is 512. The monoisotopic (exact) mass is 284 g/mol. The fraction of sp³-hybridized carbons (Fsp3) is 0.385. The van der Waals surface area contributed by atoms with E-state index in [1.165, 1.54) is 7.11 Å². The van der Waals surface area contributed by atoms with Gasteiger partial charge in [0.25, 0.3) is 0 Å². The Hall–Kier alpha value is -1.59. The number of rotatable bonds is 2. The van der Waals surface area contributed by atoms with Crippen molar-refractivity contribution < 1.29 is 23.8 Å². The molecule has 0 bridgehead atoms. The Morgan fingerprint density at radius 3 is 2.42 bits per heavy atom. The molecule has 1 aromatic carbocycles. The van der Waals surface area contributed by atoms with Crippen molar-refractivity contribution >= 4 is 23.5 Å². The number of hydrogen-bond donors (Lipinski definition) is 0. The number of methoxy groups -OCH3 is 1. The van der Waals surface area contributed by atoms with E-state index in [9.17, 15) is 9.59 Å². The van der Waals surface area contributed by atoms with Crippen molar-refractivity contribution in [3.05, 3.63) is 34.9 Å². The van der Waals surface area contributed by atoms with Crippen LogP contribution in [0, 0.1) is 5.92 Å². The third-order valence-electron chi connectivity index (χ3n) is 3.23. The Morgan fingerprint density at radius 2 is 1.89 bits per heavy atom. The number of halogens is 1. The van der Waals surface area contributed by atoms with Crippen molar-refractivity contribution in [2.45, 2.75) is 6.04 Å². The highest BCUT2D eigenvalue weighted by Gasteiger charge is 2.57. The van der Waals surface area contributed by atoms with E-state index >= 15 is 0 Å². The van der Waals surface area contributed by atoms with E-state index in [4.69, 9.17) is 21.2 Å². The molecule has 19 heavy (non-hydrogen) atoms. The van der Waals surface area contributed by atoms with Gasteiger partial charge >= 0.3 is 11.9 Å². The molecule has 2 unspecified atom stereocenters. The maximum absolute atomic E-state index is 11.9. The van der Waals surface area contributed by atoms with Gasteiger partial charge in [0, 0.05) is 10.6 Å². The van der Waals surface area contributed by atoms with Crippen molar-refractivity contribution in [3.8, 4) is 0 Å². The van der Waals surface area contributed by atoms with Crippen LogP contribution < -0.4 is 0 Å². The molecule has 0 radical (unpaired) electrons. The van der Waals surface area contributed by atoms with Crippen molar-refractivity contribution in [1.82, 2.24) is 0 Å². The first-order valence-electron chi connectivity index (χ1n) is 5.77. The molecular weight excluding hydrogens is 270 g/mol. The summed E-state index contributed by atoms with van der Waals surface area (Å²) in [6, 6.07) is 6.55. The van der Waals surface area contributed by atoms with Crippen LogP contribution in [0.5, 0.6) is 0 Å². The van der Waals surface area contributed by atoms with Gasteiger partial charge < -0.3 is 4.74 Å². The first-order chi connectivity index (χ1) is 8.86. The van der Waals surface area contributed by atoms with Crippen molar-refractivity contribution in [2.75, 3.05) is 21.2 Å². The van der Waals surface area contributed by atoms with Gasteiger partial charge in [0.05, 0.1) is 7.11 Å². The average Bonchev–Trinajstić information content (AvgIpc) is 2.59. The highest BCUT2D eigenvalue weighted by Crippen LogP contribution is 2.40. The second-order valence-electron chi connectivity index (χ2n) is 4.84. The molecule has 0 spiro atoms. The van der Waals surface area contributed by atoms with E-state index in [2.05, 4.69) is 0 Å². The van der Waals surface area contributed by atoms with Crippen molar-refractivity contribution in [1.29, 1.82) is 0 Å². The molecule has 0 aromatic heterocycles. The third-order valence-corrected chi connectivity index (χ3v) is 3.48. The molecule has 6 heteroatoms. The summed E-state index contributed by atoms with van der Waals surface area (Å²) in [5.74, 6) is -2.12. The van der Waals surface area contributed by atoms with Crippen LogP contribution in [0.2, 0.25) is 5.02 Å². The van der Waals surface area contributed by atoms with Crippen molar-refractivity contribution in [3.63, 3.8) is 0 Å². The van der Waals surface area contributed by atoms with Crippen LogP contribution in [0.1, 0.15) is 11.6 Å². The Labute approximate surface area is 116 Å². The molecule has 0 amide bonds. The molecule has 102 valence electrons. The minimum absolute atomic E-state index is 0.0553. The maximum atomic E-state index is 11.9. The highest BCUT2D eigenvalue weighted by atomic mass is 35.5. The molecule has 1 fully saturated rings. The van der Waals surface area contributed by atoms with Crippen LogP contribution in [0.4, 0.5) is 0 Å². The molecule has 1 aromatic rings. The average molecular weight is 285 g/mol. The van der Waals surface area contributed by atoms with E-state index < -0.39 is 23.9 Å². The predicted octanol–water partition coefficient (Wildman–Crippen LogP) is 1.72. The number of benzene rings is 1. The molecule has 1 aliphatic heterocycles. The first-order valence-corrected chi connectivity index (χ1v) is 6.15. The first kappa shape index (κ1) is 13.8. The zero-order valence-electron chi connectivity index (χ0n) is 10.9. The fourth-order valence-electron chi connectivity index (χ4n) is 2.40.